The van der Waals surface area contributed by atoms with Crippen LogP contribution in [0.5, 0.6) is 0 Å². The zero-order valence-corrected chi connectivity index (χ0v) is 43.0. The molecule has 0 heterocycles. The number of hydrogen-bond donors (Lipinski definition) is 1. The van der Waals surface area contributed by atoms with Gasteiger partial charge in [0.15, 0.2) is 0 Å². The minimum atomic E-state index is -2.31. The maximum absolute atomic E-state index is 8.06. The van der Waals surface area contributed by atoms with Crippen LogP contribution in [-0.2, 0) is 65.4 Å². The molecule has 26 heavy (non-hydrogen) atoms. The Balaban J connectivity index is -0.0000000245. The zero-order chi connectivity index (χ0) is 21.5. The van der Waals surface area contributed by atoms with Crippen molar-refractivity contribution in [1.82, 2.24) is 0 Å². The molecule has 0 saturated heterocycles. The molecule has 161 valence electrons. The third kappa shape index (κ3) is 279. The summed E-state index contributed by atoms with van der Waals surface area (Å²) in [5.41, 5.74) is 0. The third-order valence-corrected chi connectivity index (χ3v) is 0. The molecule has 0 atom stereocenters. The van der Waals surface area contributed by atoms with Crippen LogP contribution < -0.4 is 0 Å². The van der Waals surface area contributed by atoms with Gasteiger partial charge in [-0.25, -0.2) is 0 Å². The first-order chi connectivity index (χ1) is 10.4. The van der Waals surface area contributed by atoms with Crippen molar-refractivity contribution in [1.29, 1.82) is 0 Å². The van der Waals surface area contributed by atoms with Crippen molar-refractivity contribution in [3.8, 4) is 0 Å². The molecule has 0 unspecified atom stereocenters. The molecule has 0 aromatic heterocycles. The van der Waals surface area contributed by atoms with Crippen LogP contribution in [0.1, 0.15) is 13.8 Å². The number of aliphatic hydroxyl groups excluding tert-OH is 1. The van der Waals surface area contributed by atoms with Crippen molar-refractivity contribution in [2.24, 2.45) is 0 Å². The van der Waals surface area contributed by atoms with Gasteiger partial charge in [-0.15, -0.1) is 0 Å². The zero-order valence-electron chi connectivity index (χ0n) is 12.0. The van der Waals surface area contributed by atoms with E-state index in [4.69, 9.17) is 91.9 Å². The van der Waals surface area contributed by atoms with Crippen molar-refractivity contribution in [2.75, 3.05) is 0 Å². The van der Waals surface area contributed by atoms with E-state index in [2.05, 4.69) is 0 Å². The molecule has 0 bridgehead atoms. The van der Waals surface area contributed by atoms with E-state index in [1.807, 2.05) is 0 Å². The predicted molar refractivity (Wildman–Crippen MR) is 105 cm³/mol. The van der Waals surface area contributed by atoms with Crippen molar-refractivity contribution in [3.63, 3.8) is 0 Å². The summed E-state index contributed by atoms with van der Waals surface area (Å²) in [5, 5.41) is 8.06. The first-order valence-corrected chi connectivity index (χ1v) is 56.1. The van der Waals surface area contributed by atoms with Gasteiger partial charge in [-0.2, -0.15) is 0 Å². The Hall–Kier alpha value is 13.3. The predicted octanol–water partition coefficient (Wildman–Crippen LogP) is 10.7. The average molecular weight is 1520 g/mol. The van der Waals surface area contributed by atoms with Crippen LogP contribution >= 0.6 is 86.8 Å². The van der Waals surface area contributed by atoms with E-state index in [0.29, 0.717) is 0 Å². The molecule has 0 radical (unpaired) electrons. The summed E-state index contributed by atoms with van der Waals surface area (Å²) in [6, 6.07) is 0. The Bertz CT molecular complexity index is 132. The van der Waals surface area contributed by atoms with Gasteiger partial charge in [0.2, 0.25) is 0 Å². The maximum Gasteiger partial charge on any atom is 3.00 e. The van der Waals surface area contributed by atoms with E-state index in [0.717, 1.165) is 0 Å². The summed E-state index contributed by atoms with van der Waals surface area (Å²) in [6.45, 7) is 18.5. The van der Waals surface area contributed by atoms with E-state index in [1.165, 1.54) is 0 Å². The molecule has 0 aliphatic heterocycles. The largest absolute Gasteiger partial charge is 3.00 e. The second-order valence-corrected chi connectivity index (χ2v) is 63.1. The molecule has 0 aliphatic carbocycles. The number of rotatable bonds is 0. The van der Waals surface area contributed by atoms with Gasteiger partial charge in [0, 0.05) is 6.10 Å². The number of hydrogen-bond acceptors (Lipinski definition) is 1. The van der Waals surface area contributed by atoms with Crippen LogP contribution in [0.4, 0.5) is 0 Å². The van der Waals surface area contributed by atoms with Crippen molar-refractivity contribution < 1.29 is 220 Å². The molecule has 1 N–H and O–H groups in total. The second kappa shape index (κ2) is 54.4. The van der Waals surface area contributed by atoms with Crippen molar-refractivity contribution in [3.05, 3.63) is 0 Å². The molecular weight excluding hydrogens is 1510 g/mol. The normalized spacial score (nSPS) is 8.31. The Morgan fingerprint density at radius 2 is 0.885 bits per heavy atom. The van der Waals surface area contributed by atoms with Gasteiger partial charge >= 0.3 is 302 Å². The molecule has 0 aliphatic rings. The standard InChI is InChI=1S/C3H8O.15ClH.Dy.Eu.La.Nd.Sm.2Y/c1-3(2)4;;;;;;;;;;;;;;;;;;;;;;/h3-4H,1-2H3;15*1H;;;;;;;/q;;;;;;;;;;;;;;;;7*+3/p-15. The average Bonchev–Trinajstić information content (AvgIpc) is 2.08. The van der Waals surface area contributed by atoms with Gasteiger partial charge in [0.25, 0.3) is 0 Å². The molecule has 1 nitrogen and oxygen atoms in total. The summed E-state index contributed by atoms with van der Waals surface area (Å²) >= 11 is -10.6. The Kier molecular flexibility index (Phi) is 123. The topological polar surface area (TPSA) is 20.2 Å². The summed E-state index contributed by atoms with van der Waals surface area (Å²) in [6.07, 6.45) is 14.7. The summed E-state index contributed by atoms with van der Waals surface area (Å²) in [7, 11) is 0. The molecule has 0 amide bonds. The Labute approximate surface area is 313 Å². The fraction of sp³-hybridized carbons (Fsp3) is 1.00. The first kappa shape index (κ1) is 58.8. The van der Waals surface area contributed by atoms with Gasteiger partial charge in [-0.05, 0) is 13.8 Å². The molecule has 0 fully saturated rings. The van der Waals surface area contributed by atoms with Crippen LogP contribution in [0.25, 0.3) is 0 Å². The van der Waals surface area contributed by atoms with Gasteiger partial charge in [0.05, 0.1) is 0 Å². The number of halogens is 15. The fourth-order valence-electron chi connectivity index (χ4n) is 0. The number of aliphatic hydroxyl groups is 1. The summed E-state index contributed by atoms with van der Waals surface area (Å²) in [4.78, 5) is 0. The van der Waals surface area contributed by atoms with Crippen LogP contribution in [0.3, 0.4) is 0 Å². The maximum atomic E-state index is 8.06. The van der Waals surface area contributed by atoms with E-state index < -0.39 is 150 Å². The van der Waals surface area contributed by atoms with Gasteiger partial charge in [0.1, 0.15) is 0 Å². The molecule has 0 saturated carbocycles. The molecule has 0 aromatic rings. The van der Waals surface area contributed by atoms with E-state index in [1.54, 1.807) is 13.8 Å². The molecule has 0 rings (SSSR count). The van der Waals surface area contributed by atoms with Crippen LogP contribution in [0.2, 0.25) is 0 Å². The van der Waals surface area contributed by atoms with Crippen molar-refractivity contribution in [2.45, 2.75) is 20.0 Å². The van der Waals surface area contributed by atoms with E-state index in [-0.39, 0.29) is 71.5 Å². The first-order valence-electron chi connectivity index (χ1n) is 3.88. The Morgan fingerprint density at radius 3 is 0.885 bits per heavy atom. The second-order valence-electron chi connectivity index (χ2n) is 2.03. The van der Waals surface area contributed by atoms with Crippen molar-refractivity contribution >= 4 is 86.8 Å². The minimum absolute atomic E-state index is 0. The monoisotopic (exact) mass is 1510 g/mol. The summed E-state index contributed by atoms with van der Waals surface area (Å²) < 4.78 is 15.0. The minimum Gasteiger partial charge on any atom is 3.00 e. The van der Waals surface area contributed by atoms with Crippen LogP contribution in [0, 0.1) is 150 Å². The van der Waals surface area contributed by atoms with Gasteiger partial charge in [-0.1, -0.05) is 0 Å². The van der Waals surface area contributed by atoms with E-state index >= 15 is 0 Å². The molecule has 0 spiro atoms. The quantitative estimate of drug-likeness (QED) is 0.256. The van der Waals surface area contributed by atoms with Gasteiger partial charge in [-0.3, -0.25) is 0 Å². The van der Waals surface area contributed by atoms with Gasteiger partial charge < -0.3 is 5.11 Å². The van der Waals surface area contributed by atoms with E-state index in [9.17, 15) is 0 Å². The third-order valence-electron chi connectivity index (χ3n) is 0. The van der Waals surface area contributed by atoms with Crippen LogP contribution in [0.15, 0.2) is 0 Å². The summed E-state index contributed by atoms with van der Waals surface area (Å²) in [5.74, 6) is 30.1. The fourth-order valence-corrected chi connectivity index (χ4v) is 0. The Morgan fingerprint density at radius 1 is 0.885 bits per heavy atom. The van der Waals surface area contributed by atoms with Crippen LogP contribution in [-0.4, -0.2) is 11.2 Å². The SMILES string of the molecule is CC(C)O.[Cl][Dy]([Cl])[Cl].[Cl][Eu]([Cl])[Cl].[Cl][La]([Cl])[Cl].[Cl][Nd]([Cl])[Cl].[Cl][Sm]([Cl])[Cl].[Y+3].[Y+3]. The molecule has 23 heteroatoms. The molecule has 0 aromatic carbocycles. The smallest absolute Gasteiger partial charge is 3.00 e. The molecular formula is C3H8Cl15DyEuLaNdOSmY2+6.